The number of carbonyl (C=O) groups excluding carboxylic acids is 1. The third-order valence-corrected chi connectivity index (χ3v) is 9.05. The molecule has 7 nitrogen and oxygen atoms in total. The molecule has 1 unspecified atom stereocenters. The lowest BCUT2D eigenvalue weighted by molar-refractivity contribution is -0.149. The van der Waals surface area contributed by atoms with Crippen LogP contribution in [0.3, 0.4) is 0 Å². The molecule has 0 aromatic heterocycles. The van der Waals surface area contributed by atoms with E-state index in [1.54, 1.807) is 12.1 Å². The highest BCUT2D eigenvalue weighted by molar-refractivity contribution is 5.66. The van der Waals surface area contributed by atoms with Gasteiger partial charge in [-0.05, 0) is 68.8 Å². The minimum absolute atomic E-state index is 0.0221. The van der Waals surface area contributed by atoms with Crippen LogP contribution in [0.15, 0.2) is 54.6 Å². The van der Waals surface area contributed by atoms with Gasteiger partial charge in [-0.3, -0.25) is 4.79 Å². The fourth-order valence-electron chi connectivity index (χ4n) is 7.20. The number of aliphatic hydroxyl groups is 2. The summed E-state index contributed by atoms with van der Waals surface area (Å²) in [5.41, 5.74) is 2.05. The minimum atomic E-state index is -1.43. The molecule has 0 amide bonds. The van der Waals surface area contributed by atoms with Crippen LogP contribution in [-0.2, 0) is 14.9 Å². The van der Waals surface area contributed by atoms with E-state index < -0.39 is 11.7 Å². The Morgan fingerprint density at radius 3 is 2.34 bits per heavy atom. The maximum atomic E-state index is 11.9. The van der Waals surface area contributed by atoms with Crippen LogP contribution < -0.4 is 4.90 Å². The summed E-state index contributed by atoms with van der Waals surface area (Å²) < 4.78 is 5.77. The molecule has 3 atom stereocenters. The smallest absolute Gasteiger partial charge is 0.302 e. The lowest BCUT2D eigenvalue weighted by atomic mass is 9.59. The maximum absolute atomic E-state index is 11.9. The molecule has 1 aliphatic carbocycles. The van der Waals surface area contributed by atoms with E-state index in [-0.39, 0.29) is 23.9 Å². The minimum Gasteiger partial charge on any atom is -0.462 e. The van der Waals surface area contributed by atoms with Crippen molar-refractivity contribution in [1.82, 2.24) is 4.90 Å². The van der Waals surface area contributed by atoms with Crippen molar-refractivity contribution in [3.8, 4) is 6.07 Å². The van der Waals surface area contributed by atoms with Gasteiger partial charge in [-0.25, -0.2) is 0 Å². The van der Waals surface area contributed by atoms with Crippen LogP contribution in [0.2, 0.25) is 0 Å². The molecule has 3 aliphatic rings. The van der Waals surface area contributed by atoms with Crippen molar-refractivity contribution in [2.24, 2.45) is 17.8 Å². The average Bonchev–Trinajstić information content (AvgIpc) is 3.36. The predicted molar refractivity (Wildman–Crippen MR) is 145 cm³/mol. The first-order chi connectivity index (χ1) is 18.4. The number of ether oxygens (including phenoxy) is 1. The fourth-order valence-corrected chi connectivity index (χ4v) is 7.20. The summed E-state index contributed by atoms with van der Waals surface area (Å²) in [6.45, 7) is 6.48. The van der Waals surface area contributed by atoms with Crippen LogP contribution in [0, 0.1) is 29.1 Å². The number of likely N-dealkylation sites (tertiary alicyclic amines) is 1. The highest BCUT2D eigenvalue weighted by Gasteiger charge is 2.53. The summed E-state index contributed by atoms with van der Waals surface area (Å²) in [6, 6.07) is 20.5. The molecule has 2 heterocycles. The SMILES string of the molecule is CC(=O)O[C@@H]1CCC[C@H]1C(C#N)(c1ccccc1)C1CCN(CC2CN(c3ccc(C(O)O)cc3)C2)CC1. The molecule has 3 fully saturated rings. The van der Waals surface area contributed by atoms with Crippen molar-refractivity contribution in [3.05, 3.63) is 65.7 Å². The van der Waals surface area contributed by atoms with E-state index in [9.17, 15) is 20.3 Å². The standard InChI is InChI=1S/C31H39N3O4/c1-22(35)38-29-9-5-8-28(29)31(21-32,25-6-3-2-4-7-25)26-14-16-33(17-15-26)18-23-19-34(20-23)27-12-10-24(11-13-27)30(36)37/h2-4,6-7,10-13,23,26,28-30,36-37H,5,8-9,14-20H2,1H3/t28-,29-,31?/m1/s1. The number of hydrogen-bond donors (Lipinski definition) is 2. The first-order valence-corrected chi connectivity index (χ1v) is 14.0. The summed E-state index contributed by atoms with van der Waals surface area (Å²) in [7, 11) is 0. The van der Waals surface area contributed by atoms with Crippen LogP contribution >= 0.6 is 0 Å². The van der Waals surface area contributed by atoms with E-state index in [1.807, 2.05) is 30.3 Å². The van der Waals surface area contributed by atoms with Gasteiger partial charge in [-0.15, -0.1) is 0 Å². The van der Waals surface area contributed by atoms with Crippen LogP contribution in [0.25, 0.3) is 0 Å². The molecule has 38 heavy (non-hydrogen) atoms. The number of piperidine rings is 1. The quantitative estimate of drug-likeness (QED) is 0.403. The summed E-state index contributed by atoms with van der Waals surface area (Å²) >= 11 is 0. The van der Waals surface area contributed by atoms with Crippen molar-refractivity contribution in [2.75, 3.05) is 37.6 Å². The monoisotopic (exact) mass is 517 g/mol. The second kappa shape index (κ2) is 11.4. The molecule has 2 N–H and O–H groups in total. The normalized spacial score (nSPS) is 24.6. The van der Waals surface area contributed by atoms with Gasteiger partial charge in [0, 0.05) is 49.6 Å². The van der Waals surface area contributed by atoms with E-state index in [1.165, 1.54) is 6.92 Å². The summed E-state index contributed by atoms with van der Waals surface area (Å²) in [5, 5.41) is 29.4. The fraction of sp³-hybridized carbons (Fsp3) is 0.548. The van der Waals surface area contributed by atoms with E-state index >= 15 is 0 Å². The Bertz CT molecular complexity index is 1120. The number of hydrogen-bond acceptors (Lipinski definition) is 7. The van der Waals surface area contributed by atoms with E-state index in [0.717, 1.165) is 76.1 Å². The maximum Gasteiger partial charge on any atom is 0.302 e. The van der Waals surface area contributed by atoms with Gasteiger partial charge >= 0.3 is 5.97 Å². The Hall–Kier alpha value is -2.92. The highest BCUT2D eigenvalue weighted by atomic mass is 16.5. The molecule has 7 heteroatoms. The van der Waals surface area contributed by atoms with Crippen LogP contribution in [0.4, 0.5) is 5.69 Å². The zero-order chi connectivity index (χ0) is 26.7. The largest absolute Gasteiger partial charge is 0.462 e. The molecular formula is C31H39N3O4. The second-order valence-electron chi connectivity index (χ2n) is 11.3. The lowest BCUT2D eigenvalue weighted by Crippen LogP contribution is -2.54. The van der Waals surface area contributed by atoms with Gasteiger partial charge in [0.25, 0.3) is 0 Å². The number of benzene rings is 2. The third kappa shape index (κ3) is 5.31. The third-order valence-electron chi connectivity index (χ3n) is 9.05. The van der Waals surface area contributed by atoms with Crippen LogP contribution in [0.5, 0.6) is 0 Å². The van der Waals surface area contributed by atoms with Crippen molar-refractivity contribution in [3.63, 3.8) is 0 Å². The van der Waals surface area contributed by atoms with E-state index in [0.29, 0.717) is 11.5 Å². The van der Waals surface area contributed by atoms with Crippen molar-refractivity contribution < 1.29 is 19.7 Å². The number of nitriles is 1. The van der Waals surface area contributed by atoms with Crippen LogP contribution in [0.1, 0.15) is 56.4 Å². The van der Waals surface area contributed by atoms with Gasteiger partial charge in [0.05, 0.1) is 11.5 Å². The number of anilines is 1. The summed E-state index contributed by atoms with van der Waals surface area (Å²) in [6.07, 6.45) is 3.04. The average molecular weight is 518 g/mol. The molecule has 0 radical (unpaired) electrons. The molecule has 2 aromatic rings. The molecule has 1 saturated carbocycles. The highest BCUT2D eigenvalue weighted by Crippen LogP contribution is 2.51. The van der Waals surface area contributed by atoms with Gasteiger partial charge in [-0.2, -0.15) is 5.26 Å². The Morgan fingerprint density at radius 1 is 1.05 bits per heavy atom. The molecule has 0 bridgehead atoms. The first kappa shape index (κ1) is 26.7. The van der Waals surface area contributed by atoms with Gasteiger partial charge in [0.1, 0.15) is 6.10 Å². The van der Waals surface area contributed by atoms with Crippen molar-refractivity contribution >= 4 is 11.7 Å². The topological polar surface area (TPSA) is 97.0 Å². The molecular weight excluding hydrogens is 478 g/mol. The zero-order valence-electron chi connectivity index (χ0n) is 22.2. The number of carbonyl (C=O) groups is 1. The lowest BCUT2D eigenvalue weighted by Gasteiger charge is -2.48. The summed E-state index contributed by atoms with van der Waals surface area (Å²) in [4.78, 5) is 16.8. The van der Waals surface area contributed by atoms with E-state index in [2.05, 4.69) is 28.0 Å². The van der Waals surface area contributed by atoms with Crippen molar-refractivity contribution in [1.29, 1.82) is 5.26 Å². The molecule has 5 rings (SSSR count). The molecule has 2 aromatic carbocycles. The Morgan fingerprint density at radius 2 is 1.74 bits per heavy atom. The van der Waals surface area contributed by atoms with Gasteiger partial charge in [0.2, 0.25) is 0 Å². The second-order valence-corrected chi connectivity index (χ2v) is 11.3. The number of aliphatic hydroxyl groups excluding tert-OH is 1. The predicted octanol–water partition coefficient (Wildman–Crippen LogP) is 4.01. The number of rotatable bonds is 8. The van der Waals surface area contributed by atoms with Gasteiger partial charge in [-0.1, -0.05) is 42.5 Å². The summed E-state index contributed by atoms with van der Waals surface area (Å²) in [5.74, 6) is 0.597. The molecule has 0 spiro atoms. The Kier molecular flexibility index (Phi) is 8.04. The van der Waals surface area contributed by atoms with E-state index in [4.69, 9.17) is 4.74 Å². The Balaban J connectivity index is 1.22. The molecule has 2 aliphatic heterocycles. The Labute approximate surface area is 225 Å². The molecule has 202 valence electrons. The first-order valence-electron chi connectivity index (χ1n) is 14.0. The number of esters is 1. The molecule has 2 saturated heterocycles. The number of nitrogens with zero attached hydrogens (tertiary/aromatic N) is 3. The zero-order valence-corrected chi connectivity index (χ0v) is 22.2. The van der Waals surface area contributed by atoms with Crippen LogP contribution in [-0.4, -0.2) is 59.9 Å². The van der Waals surface area contributed by atoms with Gasteiger partial charge < -0.3 is 24.7 Å². The van der Waals surface area contributed by atoms with Gasteiger partial charge in [0.15, 0.2) is 6.29 Å². The van der Waals surface area contributed by atoms with Crippen molar-refractivity contribution in [2.45, 2.75) is 56.8 Å².